The van der Waals surface area contributed by atoms with Crippen molar-refractivity contribution in [1.29, 1.82) is 0 Å². The fraction of sp³-hybridized carbons (Fsp3) is 0.857. The van der Waals surface area contributed by atoms with Crippen molar-refractivity contribution in [2.24, 2.45) is 5.92 Å². The molecule has 0 amide bonds. The zero-order valence-electron chi connectivity index (χ0n) is 9.64. The van der Waals surface area contributed by atoms with E-state index in [1.165, 1.54) is 64.2 Å². The number of hydrogen-bond acceptors (Lipinski definition) is 0. The van der Waals surface area contributed by atoms with Gasteiger partial charge >= 0.3 is 0 Å². The van der Waals surface area contributed by atoms with Crippen LogP contribution >= 0.6 is 0 Å². The van der Waals surface area contributed by atoms with Gasteiger partial charge in [-0.1, -0.05) is 77.6 Å². The second-order valence-electron chi connectivity index (χ2n) is 4.72. The monoisotopic (exact) mass is 194 g/mol. The van der Waals surface area contributed by atoms with E-state index in [-0.39, 0.29) is 0 Å². The van der Waals surface area contributed by atoms with Crippen molar-refractivity contribution in [3.63, 3.8) is 0 Å². The van der Waals surface area contributed by atoms with Crippen LogP contribution in [0.3, 0.4) is 0 Å². The van der Waals surface area contributed by atoms with Crippen molar-refractivity contribution in [3.05, 3.63) is 13.3 Å². The van der Waals surface area contributed by atoms with Crippen molar-refractivity contribution >= 4 is 0 Å². The lowest BCUT2D eigenvalue weighted by atomic mass is 9.85. The molecule has 1 aliphatic rings. The molecule has 0 atom stereocenters. The highest BCUT2D eigenvalue weighted by Crippen LogP contribution is 2.27. The lowest BCUT2D eigenvalue weighted by Crippen LogP contribution is -2.05. The summed E-state index contributed by atoms with van der Waals surface area (Å²) >= 11 is 0. The summed E-state index contributed by atoms with van der Waals surface area (Å²) < 4.78 is 0. The Balaban J connectivity index is 1.82. The maximum absolute atomic E-state index is 3.86. The molecule has 14 heavy (non-hydrogen) atoms. The van der Waals surface area contributed by atoms with Crippen molar-refractivity contribution in [2.75, 3.05) is 0 Å². The Morgan fingerprint density at radius 1 is 1.00 bits per heavy atom. The Hall–Kier alpha value is 0. The third-order valence-corrected chi connectivity index (χ3v) is 3.40. The van der Waals surface area contributed by atoms with Gasteiger partial charge in [0.25, 0.3) is 0 Å². The fourth-order valence-electron chi connectivity index (χ4n) is 2.46. The third kappa shape index (κ3) is 5.67. The van der Waals surface area contributed by atoms with Gasteiger partial charge in [-0.05, 0) is 12.3 Å². The first-order chi connectivity index (χ1) is 6.93. The lowest BCUT2D eigenvalue weighted by Gasteiger charge is -2.21. The first kappa shape index (κ1) is 12.1. The highest BCUT2D eigenvalue weighted by Gasteiger charge is 2.12. The zero-order valence-corrected chi connectivity index (χ0v) is 9.64. The van der Waals surface area contributed by atoms with Gasteiger partial charge < -0.3 is 0 Å². The zero-order chi connectivity index (χ0) is 10.1. The van der Waals surface area contributed by atoms with Crippen LogP contribution in [0.5, 0.6) is 0 Å². The van der Waals surface area contributed by atoms with Crippen LogP contribution < -0.4 is 0 Å². The Labute approximate surface area is 90.5 Å². The molecule has 0 aromatic rings. The predicted octanol–water partition coefficient (Wildman–Crippen LogP) is 4.95. The second-order valence-corrected chi connectivity index (χ2v) is 4.72. The Morgan fingerprint density at radius 3 is 2.43 bits per heavy atom. The molecule has 2 radical (unpaired) electrons. The molecule has 1 rings (SSSR count). The highest BCUT2D eigenvalue weighted by atomic mass is 14.2. The SMILES string of the molecule is [CH2]CCC[CH]CCCC1CCCCC1. The number of hydrogen-bond donors (Lipinski definition) is 0. The van der Waals surface area contributed by atoms with E-state index in [9.17, 15) is 0 Å². The smallest absolute Gasteiger partial charge is 0.0386 e. The molecule has 1 aliphatic carbocycles. The van der Waals surface area contributed by atoms with Crippen LogP contribution in [0.1, 0.15) is 70.6 Å². The normalized spacial score (nSPS) is 18.6. The van der Waals surface area contributed by atoms with Gasteiger partial charge in [-0.2, -0.15) is 0 Å². The van der Waals surface area contributed by atoms with Crippen LogP contribution in [0.2, 0.25) is 0 Å². The van der Waals surface area contributed by atoms with Crippen LogP contribution in [0.25, 0.3) is 0 Å². The van der Waals surface area contributed by atoms with E-state index in [1.807, 2.05) is 0 Å². The summed E-state index contributed by atoms with van der Waals surface area (Å²) in [6.45, 7) is 3.86. The number of rotatable bonds is 7. The molecule has 1 saturated carbocycles. The molecule has 0 nitrogen and oxygen atoms in total. The molecule has 0 spiro atoms. The predicted molar refractivity (Wildman–Crippen MR) is 63.9 cm³/mol. The average molecular weight is 194 g/mol. The molecular weight excluding hydrogens is 168 g/mol. The first-order valence-corrected chi connectivity index (χ1v) is 6.54. The third-order valence-electron chi connectivity index (χ3n) is 3.40. The topological polar surface area (TPSA) is 0 Å². The van der Waals surface area contributed by atoms with Gasteiger partial charge in [-0.25, -0.2) is 0 Å². The maximum atomic E-state index is 3.86. The summed E-state index contributed by atoms with van der Waals surface area (Å²) in [6, 6.07) is 0. The molecule has 1 fully saturated rings. The molecular formula is C14H26. The molecule has 0 unspecified atom stereocenters. The Bertz CT molecular complexity index is 111. The van der Waals surface area contributed by atoms with Crippen LogP contribution in [-0.4, -0.2) is 0 Å². The summed E-state index contributed by atoms with van der Waals surface area (Å²) in [5, 5.41) is 0. The minimum Gasteiger partial charge on any atom is -0.0533 e. The van der Waals surface area contributed by atoms with E-state index >= 15 is 0 Å². The van der Waals surface area contributed by atoms with Gasteiger partial charge in [0.05, 0.1) is 0 Å². The van der Waals surface area contributed by atoms with E-state index < -0.39 is 0 Å². The van der Waals surface area contributed by atoms with E-state index in [0.29, 0.717) is 0 Å². The van der Waals surface area contributed by atoms with E-state index in [2.05, 4.69) is 13.3 Å². The fourth-order valence-corrected chi connectivity index (χ4v) is 2.46. The van der Waals surface area contributed by atoms with E-state index in [1.54, 1.807) is 0 Å². The summed E-state index contributed by atoms with van der Waals surface area (Å²) in [6.07, 6.45) is 17.9. The molecule has 0 heteroatoms. The summed E-state index contributed by atoms with van der Waals surface area (Å²) in [4.78, 5) is 0. The van der Waals surface area contributed by atoms with E-state index in [4.69, 9.17) is 0 Å². The van der Waals surface area contributed by atoms with Crippen molar-refractivity contribution in [3.8, 4) is 0 Å². The summed E-state index contributed by atoms with van der Waals surface area (Å²) in [5.74, 6) is 1.07. The first-order valence-electron chi connectivity index (χ1n) is 6.54. The van der Waals surface area contributed by atoms with Gasteiger partial charge in [0.1, 0.15) is 0 Å². The molecule has 0 aromatic heterocycles. The minimum absolute atomic E-state index is 1.07. The highest BCUT2D eigenvalue weighted by molar-refractivity contribution is 4.69. The Morgan fingerprint density at radius 2 is 1.71 bits per heavy atom. The largest absolute Gasteiger partial charge is 0.0533 e. The van der Waals surface area contributed by atoms with Gasteiger partial charge in [-0.3, -0.25) is 0 Å². The van der Waals surface area contributed by atoms with E-state index in [0.717, 1.165) is 12.3 Å². The molecule has 0 saturated heterocycles. The molecule has 0 heterocycles. The van der Waals surface area contributed by atoms with Crippen molar-refractivity contribution < 1.29 is 0 Å². The van der Waals surface area contributed by atoms with Crippen LogP contribution in [-0.2, 0) is 0 Å². The summed E-state index contributed by atoms with van der Waals surface area (Å²) in [7, 11) is 0. The minimum atomic E-state index is 1.07. The molecule has 0 aromatic carbocycles. The number of unbranched alkanes of at least 4 members (excludes halogenated alkanes) is 5. The van der Waals surface area contributed by atoms with Crippen molar-refractivity contribution in [2.45, 2.75) is 70.6 Å². The Kier molecular flexibility index (Phi) is 7.17. The van der Waals surface area contributed by atoms with Gasteiger partial charge in [0, 0.05) is 0 Å². The molecule has 0 aliphatic heterocycles. The van der Waals surface area contributed by atoms with Gasteiger partial charge in [-0.15, -0.1) is 0 Å². The summed E-state index contributed by atoms with van der Waals surface area (Å²) in [5.41, 5.74) is 0. The standard InChI is InChI=1S/C14H26/c1-2-3-4-5-6-8-11-14-12-9-7-10-13-14/h5,14H,1-4,6-13H2. The average Bonchev–Trinajstić information content (AvgIpc) is 2.25. The van der Waals surface area contributed by atoms with Crippen LogP contribution in [0.4, 0.5) is 0 Å². The molecule has 82 valence electrons. The van der Waals surface area contributed by atoms with Crippen LogP contribution in [0, 0.1) is 19.3 Å². The second kappa shape index (κ2) is 8.32. The van der Waals surface area contributed by atoms with Gasteiger partial charge in [0.2, 0.25) is 0 Å². The maximum Gasteiger partial charge on any atom is -0.0386 e. The quantitative estimate of drug-likeness (QED) is 0.503. The molecule has 0 N–H and O–H groups in total. The van der Waals surface area contributed by atoms with Gasteiger partial charge in [0.15, 0.2) is 0 Å². The van der Waals surface area contributed by atoms with Crippen LogP contribution in [0.15, 0.2) is 0 Å². The molecule has 0 bridgehead atoms. The lowest BCUT2D eigenvalue weighted by molar-refractivity contribution is 0.332. The van der Waals surface area contributed by atoms with Crippen molar-refractivity contribution in [1.82, 2.24) is 0 Å².